The zero-order chi connectivity index (χ0) is 15.6. The van der Waals surface area contributed by atoms with E-state index in [1.165, 1.54) is 19.3 Å². The summed E-state index contributed by atoms with van der Waals surface area (Å²) in [5, 5.41) is 3.20. The third kappa shape index (κ3) is 3.29. The summed E-state index contributed by atoms with van der Waals surface area (Å²) in [5.41, 5.74) is -0.233. The Bertz CT molecular complexity index is 434. The lowest BCUT2D eigenvalue weighted by Gasteiger charge is -2.48. The molecule has 3 fully saturated rings. The molecule has 0 spiro atoms. The van der Waals surface area contributed by atoms with Gasteiger partial charge in [-0.05, 0) is 58.5 Å². The van der Waals surface area contributed by atoms with Crippen LogP contribution in [-0.4, -0.2) is 59.4 Å². The Morgan fingerprint density at radius 2 is 1.95 bits per heavy atom. The van der Waals surface area contributed by atoms with Gasteiger partial charge >= 0.3 is 0 Å². The van der Waals surface area contributed by atoms with Crippen molar-refractivity contribution in [1.82, 2.24) is 15.1 Å². The van der Waals surface area contributed by atoms with E-state index in [0.717, 1.165) is 45.3 Å². The Labute approximate surface area is 133 Å². The molecule has 0 aliphatic carbocycles. The Morgan fingerprint density at radius 1 is 1.18 bits per heavy atom. The number of hydrogen-bond acceptors (Lipinski definition) is 3. The van der Waals surface area contributed by atoms with Crippen LogP contribution < -0.4 is 5.32 Å². The maximum absolute atomic E-state index is 12.8. The van der Waals surface area contributed by atoms with Gasteiger partial charge in [-0.2, -0.15) is 0 Å². The lowest BCUT2D eigenvalue weighted by atomic mass is 9.81. The van der Waals surface area contributed by atoms with Crippen LogP contribution in [0.5, 0.6) is 0 Å². The second kappa shape index (κ2) is 6.57. The largest absolute Gasteiger partial charge is 0.349 e. The topological polar surface area (TPSA) is 52.7 Å². The van der Waals surface area contributed by atoms with Crippen LogP contribution in [-0.2, 0) is 9.59 Å². The summed E-state index contributed by atoms with van der Waals surface area (Å²) in [6.07, 6.45) is 8.12. The highest BCUT2D eigenvalue weighted by Crippen LogP contribution is 2.33. The number of likely N-dealkylation sites (tertiary alicyclic amines) is 2. The lowest BCUT2D eigenvalue weighted by Crippen LogP contribution is -2.64. The highest BCUT2D eigenvalue weighted by Gasteiger charge is 2.44. The number of rotatable bonds is 2. The molecule has 2 atom stereocenters. The molecule has 0 radical (unpaired) electrons. The number of amides is 2. The Morgan fingerprint density at radius 3 is 2.73 bits per heavy atom. The van der Waals surface area contributed by atoms with Crippen LogP contribution in [0.4, 0.5) is 0 Å². The molecule has 2 amide bonds. The van der Waals surface area contributed by atoms with Crippen LogP contribution in [0.15, 0.2) is 0 Å². The Hall–Kier alpha value is -1.10. The smallest absolute Gasteiger partial charge is 0.237 e. The van der Waals surface area contributed by atoms with Gasteiger partial charge in [0.1, 0.15) is 0 Å². The minimum absolute atomic E-state index is 0.148. The zero-order valence-corrected chi connectivity index (χ0v) is 13.8. The fraction of sp³-hybridized carbons (Fsp3) is 0.882. The fourth-order valence-corrected chi connectivity index (χ4v) is 4.44. The third-order valence-corrected chi connectivity index (χ3v) is 5.64. The summed E-state index contributed by atoms with van der Waals surface area (Å²) in [6, 6.07) is 0.171. The fourth-order valence-electron chi connectivity index (χ4n) is 4.44. The molecule has 3 rings (SSSR count). The van der Waals surface area contributed by atoms with E-state index >= 15 is 0 Å². The van der Waals surface area contributed by atoms with Crippen LogP contribution in [0.3, 0.4) is 0 Å². The molecule has 0 unspecified atom stereocenters. The molecular weight excluding hydrogens is 278 g/mol. The molecule has 22 heavy (non-hydrogen) atoms. The highest BCUT2D eigenvalue weighted by atomic mass is 16.2. The summed E-state index contributed by atoms with van der Waals surface area (Å²) in [4.78, 5) is 29.1. The molecule has 3 aliphatic heterocycles. The minimum atomic E-state index is -0.233. The third-order valence-electron chi connectivity index (χ3n) is 5.64. The molecule has 3 heterocycles. The number of carbonyl (C=O) groups is 2. The van der Waals surface area contributed by atoms with Crippen LogP contribution in [0.25, 0.3) is 0 Å². The van der Waals surface area contributed by atoms with E-state index in [1.54, 1.807) is 0 Å². The van der Waals surface area contributed by atoms with Gasteiger partial charge in [-0.3, -0.25) is 14.5 Å². The Balaban J connectivity index is 1.69. The van der Waals surface area contributed by atoms with Crippen LogP contribution in [0.1, 0.15) is 58.3 Å². The van der Waals surface area contributed by atoms with E-state index in [0.29, 0.717) is 13.0 Å². The highest BCUT2D eigenvalue weighted by molar-refractivity contribution is 5.80. The molecule has 1 N–H and O–H groups in total. The van der Waals surface area contributed by atoms with Gasteiger partial charge in [0.2, 0.25) is 11.8 Å². The summed E-state index contributed by atoms with van der Waals surface area (Å²) < 4.78 is 0. The average molecular weight is 307 g/mol. The van der Waals surface area contributed by atoms with Gasteiger partial charge in [-0.15, -0.1) is 0 Å². The van der Waals surface area contributed by atoms with Crippen molar-refractivity contribution in [1.29, 1.82) is 0 Å². The molecule has 124 valence electrons. The van der Waals surface area contributed by atoms with E-state index in [2.05, 4.69) is 22.0 Å². The van der Waals surface area contributed by atoms with Crippen molar-refractivity contribution in [2.24, 2.45) is 0 Å². The number of nitrogens with zero attached hydrogens (tertiary/aromatic N) is 2. The molecule has 0 saturated carbocycles. The number of hydrogen-bond donors (Lipinski definition) is 1. The summed E-state index contributed by atoms with van der Waals surface area (Å²) in [5.74, 6) is 0.407. The summed E-state index contributed by atoms with van der Waals surface area (Å²) >= 11 is 0. The van der Waals surface area contributed by atoms with Crippen molar-refractivity contribution in [2.75, 3.05) is 26.2 Å². The first kappa shape index (κ1) is 15.8. The van der Waals surface area contributed by atoms with Crippen molar-refractivity contribution in [3.63, 3.8) is 0 Å². The van der Waals surface area contributed by atoms with Gasteiger partial charge in [0.25, 0.3) is 0 Å². The summed E-state index contributed by atoms with van der Waals surface area (Å²) in [7, 11) is 0. The predicted molar refractivity (Wildman–Crippen MR) is 85.4 cm³/mol. The van der Waals surface area contributed by atoms with E-state index in [1.807, 2.05) is 0 Å². The van der Waals surface area contributed by atoms with Gasteiger partial charge in [-0.1, -0.05) is 6.42 Å². The van der Waals surface area contributed by atoms with E-state index < -0.39 is 0 Å². The van der Waals surface area contributed by atoms with Crippen molar-refractivity contribution in [3.05, 3.63) is 0 Å². The molecule has 0 aromatic heterocycles. The first-order valence-corrected chi connectivity index (χ1v) is 8.91. The normalized spacial score (nSPS) is 33.8. The number of nitrogens with one attached hydrogen (secondary N) is 1. The van der Waals surface area contributed by atoms with Crippen LogP contribution >= 0.6 is 0 Å². The van der Waals surface area contributed by atoms with E-state index in [-0.39, 0.29) is 23.4 Å². The first-order chi connectivity index (χ1) is 10.6. The number of carbonyl (C=O) groups excluding carboxylic acids is 2. The van der Waals surface area contributed by atoms with Crippen molar-refractivity contribution < 1.29 is 9.59 Å². The van der Waals surface area contributed by atoms with E-state index in [9.17, 15) is 9.59 Å². The van der Waals surface area contributed by atoms with Crippen molar-refractivity contribution in [3.8, 4) is 0 Å². The quantitative estimate of drug-likeness (QED) is 0.841. The van der Waals surface area contributed by atoms with Gasteiger partial charge in [0.15, 0.2) is 0 Å². The maximum atomic E-state index is 12.8. The van der Waals surface area contributed by atoms with E-state index in [4.69, 9.17) is 0 Å². The number of piperidine rings is 2. The Kier molecular flexibility index (Phi) is 4.71. The maximum Gasteiger partial charge on any atom is 0.237 e. The standard InChI is InChI=1S/C17H29N3O2/c1-17-9-6-12-20(14(17)7-5-8-15(21)18-17)16(22)13-19-10-3-2-4-11-19/h14H,2-13H2,1H3,(H,18,21)/t14-,17-/m0/s1. The first-order valence-electron chi connectivity index (χ1n) is 8.91. The molecule has 0 bridgehead atoms. The van der Waals surface area contributed by atoms with Gasteiger partial charge in [-0.25, -0.2) is 0 Å². The van der Waals surface area contributed by atoms with Crippen molar-refractivity contribution >= 4 is 11.8 Å². The predicted octanol–water partition coefficient (Wildman–Crippen LogP) is 1.52. The molecule has 5 heteroatoms. The SMILES string of the molecule is C[C@]12CCCN(C(=O)CN3CCCCC3)[C@H]1CCCC(=O)N2. The zero-order valence-electron chi connectivity index (χ0n) is 13.8. The van der Waals surface area contributed by atoms with Gasteiger partial charge in [0.05, 0.1) is 18.1 Å². The molecular formula is C17H29N3O2. The van der Waals surface area contributed by atoms with Crippen molar-refractivity contribution in [2.45, 2.75) is 69.9 Å². The summed E-state index contributed by atoms with van der Waals surface area (Å²) in [6.45, 7) is 5.64. The van der Waals surface area contributed by atoms with Crippen LogP contribution in [0.2, 0.25) is 0 Å². The number of fused-ring (bicyclic) bond motifs is 1. The molecule has 3 saturated heterocycles. The second-order valence-electron chi connectivity index (χ2n) is 7.40. The molecule has 0 aromatic rings. The average Bonchev–Trinajstić information content (AvgIpc) is 2.64. The second-order valence-corrected chi connectivity index (χ2v) is 7.40. The monoisotopic (exact) mass is 307 g/mol. The lowest BCUT2D eigenvalue weighted by molar-refractivity contribution is -0.140. The minimum Gasteiger partial charge on any atom is -0.349 e. The van der Waals surface area contributed by atoms with Gasteiger partial charge in [0, 0.05) is 13.0 Å². The molecule has 5 nitrogen and oxygen atoms in total. The molecule has 3 aliphatic rings. The van der Waals surface area contributed by atoms with Gasteiger partial charge < -0.3 is 10.2 Å². The molecule has 0 aromatic carbocycles. The van der Waals surface area contributed by atoms with Crippen LogP contribution in [0, 0.1) is 0 Å².